The molecular formula is C15H20N2O3. The molecule has 2 aromatic rings. The summed E-state index contributed by atoms with van der Waals surface area (Å²) in [4.78, 5) is 3.98. The topological polar surface area (TPSA) is 56.5 Å². The molecule has 0 fully saturated rings. The average Bonchev–Trinajstić information content (AvgIpc) is 2.98. The Hall–Kier alpha value is -2.01. The zero-order chi connectivity index (χ0) is 14.2. The molecule has 1 aromatic carbocycles. The fourth-order valence-electron chi connectivity index (χ4n) is 1.79. The lowest BCUT2D eigenvalue weighted by Crippen LogP contribution is -2.08. The van der Waals surface area contributed by atoms with Gasteiger partial charge in [-0.3, -0.25) is 0 Å². The van der Waals surface area contributed by atoms with Crippen LogP contribution in [0, 0.1) is 0 Å². The van der Waals surface area contributed by atoms with Gasteiger partial charge in [0.05, 0.1) is 26.1 Å². The fourth-order valence-corrected chi connectivity index (χ4v) is 1.79. The van der Waals surface area contributed by atoms with Crippen molar-refractivity contribution < 1.29 is 14.6 Å². The number of aliphatic hydroxyl groups excluding tert-OH is 1. The van der Waals surface area contributed by atoms with E-state index in [1.54, 1.807) is 12.5 Å². The van der Waals surface area contributed by atoms with Crippen molar-refractivity contribution in [2.45, 2.75) is 26.5 Å². The van der Waals surface area contributed by atoms with Crippen LogP contribution in [0.5, 0.6) is 11.5 Å². The van der Waals surface area contributed by atoms with E-state index in [1.807, 2.05) is 29.0 Å². The summed E-state index contributed by atoms with van der Waals surface area (Å²) in [5, 5.41) is 9.33. The van der Waals surface area contributed by atoms with Gasteiger partial charge in [0.25, 0.3) is 0 Å². The van der Waals surface area contributed by atoms with Crippen LogP contribution in [0.2, 0.25) is 0 Å². The molecule has 0 saturated carbocycles. The Morgan fingerprint density at radius 1 is 1.25 bits per heavy atom. The summed E-state index contributed by atoms with van der Waals surface area (Å²) in [7, 11) is 0. The van der Waals surface area contributed by atoms with Gasteiger partial charge in [0.15, 0.2) is 0 Å². The Morgan fingerprint density at radius 3 is 2.85 bits per heavy atom. The Morgan fingerprint density at radius 2 is 2.15 bits per heavy atom. The van der Waals surface area contributed by atoms with Crippen LogP contribution < -0.4 is 9.47 Å². The highest BCUT2D eigenvalue weighted by molar-refractivity contribution is 5.40. The molecule has 0 radical (unpaired) electrons. The summed E-state index contributed by atoms with van der Waals surface area (Å²) in [5.74, 6) is 1.43. The van der Waals surface area contributed by atoms with E-state index in [9.17, 15) is 5.11 Å². The quantitative estimate of drug-likeness (QED) is 0.803. The van der Waals surface area contributed by atoms with Gasteiger partial charge < -0.3 is 19.1 Å². The van der Waals surface area contributed by atoms with Crippen LogP contribution in [-0.4, -0.2) is 27.9 Å². The molecule has 1 aromatic heterocycles. The van der Waals surface area contributed by atoms with E-state index >= 15 is 0 Å². The predicted molar refractivity (Wildman–Crippen MR) is 75.9 cm³/mol. The Bertz CT molecular complexity index is 512. The first-order chi connectivity index (χ1) is 9.83. The van der Waals surface area contributed by atoms with E-state index in [-0.39, 0.29) is 6.61 Å². The summed E-state index contributed by atoms with van der Waals surface area (Å²) in [6.45, 7) is 3.91. The largest absolute Gasteiger partial charge is 0.493 e. The number of benzene rings is 1. The summed E-state index contributed by atoms with van der Waals surface area (Å²) < 4.78 is 13.2. The first-order valence-corrected chi connectivity index (χ1v) is 6.78. The third kappa shape index (κ3) is 3.99. The predicted octanol–water partition coefficient (Wildman–Crippen LogP) is 2.24. The minimum atomic E-state index is -0.0472. The Labute approximate surface area is 118 Å². The zero-order valence-corrected chi connectivity index (χ0v) is 11.7. The van der Waals surface area contributed by atoms with Crippen molar-refractivity contribution in [3.8, 4) is 11.5 Å². The molecule has 0 aliphatic heterocycles. The minimum absolute atomic E-state index is 0.0472. The van der Waals surface area contributed by atoms with Gasteiger partial charge in [-0.2, -0.15) is 0 Å². The lowest BCUT2D eigenvalue weighted by molar-refractivity contribution is 0.255. The molecular weight excluding hydrogens is 256 g/mol. The number of hydrogen-bond donors (Lipinski definition) is 1. The van der Waals surface area contributed by atoms with Crippen LogP contribution in [-0.2, 0) is 13.2 Å². The molecule has 5 nitrogen and oxygen atoms in total. The van der Waals surface area contributed by atoms with Crippen molar-refractivity contribution in [3.63, 3.8) is 0 Å². The molecule has 0 aliphatic rings. The van der Waals surface area contributed by atoms with Gasteiger partial charge in [-0.1, -0.05) is 6.92 Å². The Balaban J connectivity index is 1.96. The van der Waals surface area contributed by atoms with Crippen molar-refractivity contribution in [3.05, 3.63) is 42.5 Å². The number of ether oxygens (including phenoxy) is 2. The van der Waals surface area contributed by atoms with Crippen molar-refractivity contribution in [2.75, 3.05) is 13.2 Å². The first kappa shape index (κ1) is 14.4. The summed E-state index contributed by atoms with van der Waals surface area (Å²) in [6, 6.07) is 5.51. The van der Waals surface area contributed by atoms with E-state index in [0.717, 1.165) is 17.7 Å². The number of aliphatic hydroxyl groups is 1. The monoisotopic (exact) mass is 276 g/mol. The van der Waals surface area contributed by atoms with Crippen molar-refractivity contribution in [1.82, 2.24) is 9.55 Å². The molecule has 0 spiro atoms. The summed E-state index contributed by atoms with van der Waals surface area (Å²) >= 11 is 0. The molecule has 0 aliphatic carbocycles. The molecule has 0 saturated heterocycles. The normalized spacial score (nSPS) is 10.5. The molecule has 20 heavy (non-hydrogen) atoms. The van der Waals surface area contributed by atoms with E-state index in [4.69, 9.17) is 9.47 Å². The Kier molecular flexibility index (Phi) is 5.43. The standard InChI is InChI=1S/C15H20N2O3/c1-2-8-19-14-4-3-13(11-18)15(10-14)20-9-7-17-6-5-16-12-17/h3-6,10,12,18H,2,7-9,11H2,1H3. The molecule has 108 valence electrons. The van der Waals surface area contributed by atoms with Crippen molar-refractivity contribution >= 4 is 0 Å². The van der Waals surface area contributed by atoms with Crippen molar-refractivity contribution in [2.24, 2.45) is 0 Å². The second-order valence-electron chi connectivity index (χ2n) is 4.43. The second kappa shape index (κ2) is 7.55. The molecule has 5 heteroatoms. The summed E-state index contributed by atoms with van der Waals surface area (Å²) in [6.07, 6.45) is 6.32. The molecule has 0 amide bonds. The van der Waals surface area contributed by atoms with Crippen molar-refractivity contribution in [1.29, 1.82) is 0 Å². The van der Waals surface area contributed by atoms with Crippen LogP contribution in [0.25, 0.3) is 0 Å². The highest BCUT2D eigenvalue weighted by atomic mass is 16.5. The lowest BCUT2D eigenvalue weighted by Gasteiger charge is -2.13. The van der Waals surface area contributed by atoms with E-state index in [1.165, 1.54) is 0 Å². The maximum Gasteiger partial charge on any atom is 0.128 e. The van der Waals surface area contributed by atoms with Gasteiger partial charge >= 0.3 is 0 Å². The van der Waals surface area contributed by atoms with Crippen LogP contribution >= 0.6 is 0 Å². The average molecular weight is 276 g/mol. The number of aromatic nitrogens is 2. The minimum Gasteiger partial charge on any atom is -0.493 e. The third-order valence-electron chi connectivity index (χ3n) is 2.85. The number of nitrogens with zero attached hydrogens (tertiary/aromatic N) is 2. The molecule has 2 rings (SSSR count). The van der Waals surface area contributed by atoms with Gasteiger partial charge in [-0.05, 0) is 18.6 Å². The third-order valence-corrected chi connectivity index (χ3v) is 2.85. The lowest BCUT2D eigenvalue weighted by atomic mass is 10.2. The van der Waals surface area contributed by atoms with Gasteiger partial charge in [-0.15, -0.1) is 0 Å². The SMILES string of the molecule is CCCOc1ccc(CO)c(OCCn2ccnc2)c1. The van der Waals surface area contributed by atoms with Gasteiger partial charge in [0.1, 0.15) is 18.1 Å². The maximum absolute atomic E-state index is 9.33. The molecule has 0 atom stereocenters. The second-order valence-corrected chi connectivity index (χ2v) is 4.43. The van der Waals surface area contributed by atoms with E-state index in [2.05, 4.69) is 11.9 Å². The van der Waals surface area contributed by atoms with Gasteiger partial charge in [0, 0.05) is 24.0 Å². The van der Waals surface area contributed by atoms with Gasteiger partial charge in [-0.25, -0.2) is 4.98 Å². The zero-order valence-electron chi connectivity index (χ0n) is 11.7. The van der Waals surface area contributed by atoms with Gasteiger partial charge in [0.2, 0.25) is 0 Å². The highest BCUT2D eigenvalue weighted by Gasteiger charge is 2.05. The van der Waals surface area contributed by atoms with Crippen LogP contribution in [0.4, 0.5) is 0 Å². The van der Waals surface area contributed by atoms with Crippen LogP contribution in [0.15, 0.2) is 36.9 Å². The summed E-state index contributed by atoms with van der Waals surface area (Å²) in [5.41, 5.74) is 0.763. The molecule has 1 heterocycles. The van der Waals surface area contributed by atoms with E-state index < -0.39 is 0 Å². The number of imidazole rings is 1. The number of rotatable bonds is 8. The van der Waals surface area contributed by atoms with Crippen LogP contribution in [0.1, 0.15) is 18.9 Å². The highest BCUT2D eigenvalue weighted by Crippen LogP contribution is 2.25. The van der Waals surface area contributed by atoms with Crippen LogP contribution in [0.3, 0.4) is 0 Å². The molecule has 0 unspecified atom stereocenters. The van der Waals surface area contributed by atoms with E-state index in [0.29, 0.717) is 25.5 Å². The first-order valence-electron chi connectivity index (χ1n) is 6.78. The fraction of sp³-hybridized carbons (Fsp3) is 0.400. The maximum atomic E-state index is 9.33. The smallest absolute Gasteiger partial charge is 0.128 e. The number of hydrogen-bond acceptors (Lipinski definition) is 4. The molecule has 1 N–H and O–H groups in total. The molecule has 0 bridgehead atoms.